The monoisotopic (exact) mass is 323 g/mol. The van der Waals surface area contributed by atoms with Gasteiger partial charge in [0.2, 0.25) is 5.43 Å². The maximum absolute atomic E-state index is 11.4. The highest BCUT2D eigenvalue weighted by Crippen LogP contribution is 2.36. The van der Waals surface area contributed by atoms with Crippen LogP contribution < -0.4 is 5.43 Å². The lowest BCUT2D eigenvalue weighted by molar-refractivity contribution is 0.268. The lowest BCUT2D eigenvalue weighted by atomic mass is 10.1. The summed E-state index contributed by atoms with van der Waals surface area (Å²) in [6, 6.07) is 8.73. The summed E-state index contributed by atoms with van der Waals surface area (Å²) in [6.45, 7) is 2.99. The molecule has 0 amide bonds. The van der Waals surface area contributed by atoms with E-state index >= 15 is 0 Å². The van der Waals surface area contributed by atoms with Crippen molar-refractivity contribution in [3.05, 3.63) is 58.0 Å². The van der Waals surface area contributed by atoms with E-state index in [9.17, 15) is 14.5 Å². The van der Waals surface area contributed by atoms with Gasteiger partial charge in [0, 0.05) is 24.6 Å². The maximum atomic E-state index is 11.4. The van der Waals surface area contributed by atoms with E-state index in [1.54, 1.807) is 17.7 Å². The van der Waals surface area contributed by atoms with Crippen LogP contribution in [0.4, 0.5) is 0 Å². The number of hydrogen-bond acceptors (Lipinski definition) is 4. The van der Waals surface area contributed by atoms with Crippen molar-refractivity contribution in [2.75, 3.05) is 13.3 Å². The highest BCUT2D eigenvalue weighted by atomic mass is 31.2. The molecule has 2 rings (SSSR count). The van der Waals surface area contributed by atoms with E-state index in [4.69, 9.17) is 9.42 Å². The van der Waals surface area contributed by atoms with E-state index in [0.29, 0.717) is 12.1 Å². The van der Waals surface area contributed by atoms with Crippen LogP contribution in [-0.4, -0.2) is 27.8 Å². The Labute approximate surface area is 128 Å². The van der Waals surface area contributed by atoms with Gasteiger partial charge < -0.3 is 19.1 Å². The molecule has 6 nitrogen and oxygen atoms in total. The predicted molar refractivity (Wildman–Crippen MR) is 83.8 cm³/mol. The van der Waals surface area contributed by atoms with Crippen molar-refractivity contribution in [1.82, 2.24) is 4.57 Å². The Kier molecular flexibility index (Phi) is 4.86. The summed E-state index contributed by atoms with van der Waals surface area (Å²) >= 11 is 0. The first-order valence-electron chi connectivity index (χ1n) is 6.73. The molecule has 1 atom stereocenters. The number of aromatic nitrogens is 1. The second kappa shape index (κ2) is 6.48. The van der Waals surface area contributed by atoms with Crippen LogP contribution in [0.25, 0.3) is 5.69 Å². The average Bonchev–Trinajstić information content (AvgIpc) is 2.45. The third-order valence-corrected chi connectivity index (χ3v) is 3.91. The molecule has 0 aliphatic carbocycles. The minimum Gasteiger partial charge on any atom is -0.503 e. The molecule has 2 N–H and O–H groups in total. The summed E-state index contributed by atoms with van der Waals surface area (Å²) in [4.78, 5) is 20.4. The maximum Gasteiger partial charge on any atom is 0.325 e. The van der Waals surface area contributed by atoms with Crippen LogP contribution in [0.15, 0.2) is 41.3 Å². The third-order valence-electron chi connectivity index (χ3n) is 3.25. The van der Waals surface area contributed by atoms with Gasteiger partial charge in [-0.25, -0.2) is 0 Å². The smallest absolute Gasteiger partial charge is 0.325 e. The molecule has 0 spiro atoms. The van der Waals surface area contributed by atoms with Crippen LogP contribution in [0.2, 0.25) is 0 Å². The van der Waals surface area contributed by atoms with E-state index < -0.39 is 13.0 Å². The normalized spacial score (nSPS) is 13.8. The van der Waals surface area contributed by atoms with Gasteiger partial charge in [-0.2, -0.15) is 0 Å². The van der Waals surface area contributed by atoms with E-state index in [1.165, 1.54) is 6.07 Å². The zero-order chi connectivity index (χ0) is 16.3. The molecule has 0 fully saturated rings. The molecule has 1 aromatic carbocycles. The molecule has 0 bridgehead atoms. The Morgan fingerprint density at radius 3 is 2.45 bits per heavy atom. The molecule has 0 radical (unpaired) electrons. The first-order valence-corrected chi connectivity index (χ1v) is 8.76. The number of hydrogen-bond donors (Lipinski definition) is 2. The van der Waals surface area contributed by atoms with Crippen molar-refractivity contribution in [1.29, 1.82) is 0 Å². The lowest BCUT2D eigenvalue weighted by Crippen LogP contribution is -2.08. The van der Waals surface area contributed by atoms with Gasteiger partial charge in [-0.3, -0.25) is 9.36 Å². The van der Waals surface area contributed by atoms with Crippen molar-refractivity contribution in [3.63, 3.8) is 0 Å². The summed E-state index contributed by atoms with van der Waals surface area (Å²) in [5.41, 5.74) is 1.83. The number of pyridine rings is 1. The van der Waals surface area contributed by atoms with Gasteiger partial charge >= 0.3 is 7.60 Å². The highest BCUT2D eigenvalue weighted by molar-refractivity contribution is 7.51. The van der Waals surface area contributed by atoms with Gasteiger partial charge in [0.25, 0.3) is 0 Å². The van der Waals surface area contributed by atoms with Gasteiger partial charge in [0.15, 0.2) is 5.75 Å². The SMILES string of the molecule is Cc1c(O)c(=O)ccn1-c1ccc(CCOP(C)(=O)O)cc1. The number of nitrogens with zero attached hydrogens (tertiary/aromatic N) is 1. The minimum absolute atomic E-state index is 0.168. The largest absolute Gasteiger partial charge is 0.503 e. The fourth-order valence-corrected chi connectivity index (χ4v) is 2.49. The quantitative estimate of drug-likeness (QED) is 0.824. The number of aromatic hydroxyl groups is 1. The summed E-state index contributed by atoms with van der Waals surface area (Å²) in [7, 11) is -3.44. The molecule has 1 aromatic heterocycles. The standard InChI is InChI=1S/C15H18NO5P/c1-11-15(18)14(17)7-9-16(11)13-5-3-12(4-6-13)8-10-21-22(2,19)20/h3-7,9,18H,8,10H2,1-2H3,(H,19,20). The van der Waals surface area contributed by atoms with Gasteiger partial charge in [0.1, 0.15) is 0 Å². The Balaban J connectivity index is 2.14. The van der Waals surface area contributed by atoms with Gasteiger partial charge in [-0.1, -0.05) is 12.1 Å². The molecule has 1 unspecified atom stereocenters. The van der Waals surface area contributed by atoms with Gasteiger partial charge in [-0.05, 0) is 31.0 Å². The summed E-state index contributed by atoms with van der Waals surface area (Å²) in [5, 5.41) is 9.70. The molecule has 22 heavy (non-hydrogen) atoms. The summed E-state index contributed by atoms with van der Waals surface area (Å²) in [5.74, 6) is -0.262. The second-order valence-corrected chi connectivity index (χ2v) is 6.90. The molecule has 0 aliphatic heterocycles. The van der Waals surface area contributed by atoms with Crippen LogP contribution in [0.1, 0.15) is 11.3 Å². The molecule has 0 saturated heterocycles. The van der Waals surface area contributed by atoms with E-state index in [-0.39, 0.29) is 12.4 Å². The van der Waals surface area contributed by atoms with Crippen LogP contribution in [0.3, 0.4) is 0 Å². The Hall–Kier alpha value is -1.88. The highest BCUT2D eigenvalue weighted by Gasteiger charge is 2.10. The molecule has 1 heterocycles. The van der Waals surface area contributed by atoms with Crippen molar-refractivity contribution in [2.24, 2.45) is 0 Å². The fraction of sp³-hybridized carbons (Fsp3) is 0.267. The van der Waals surface area contributed by atoms with Gasteiger partial charge in [-0.15, -0.1) is 0 Å². The average molecular weight is 323 g/mol. The number of benzene rings is 1. The minimum atomic E-state index is -3.44. The second-order valence-electron chi connectivity index (χ2n) is 5.04. The first kappa shape index (κ1) is 16.5. The van der Waals surface area contributed by atoms with Crippen molar-refractivity contribution in [2.45, 2.75) is 13.3 Å². The van der Waals surface area contributed by atoms with Crippen LogP contribution in [0.5, 0.6) is 5.75 Å². The third kappa shape index (κ3) is 4.07. The molecular weight excluding hydrogens is 305 g/mol. The van der Waals surface area contributed by atoms with E-state index in [1.807, 2.05) is 24.3 Å². The number of rotatable bonds is 5. The zero-order valence-corrected chi connectivity index (χ0v) is 13.3. The van der Waals surface area contributed by atoms with Gasteiger partial charge in [0.05, 0.1) is 12.3 Å². The predicted octanol–water partition coefficient (Wildman–Crippen LogP) is 2.23. The lowest BCUT2D eigenvalue weighted by Gasteiger charge is -2.12. The van der Waals surface area contributed by atoms with Crippen LogP contribution in [-0.2, 0) is 15.5 Å². The topological polar surface area (TPSA) is 88.8 Å². The Morgan fingerprint density at radius 1 is 1.23 bits per heavy atom. The van der Waals surface area contributed by atoms with E-state index in [0.717, 1.165) is 17.9 Å². The van der Waals surface area contributed by atoms with Crippen molar-refractivity contribution < 1.29 is 19.1 Å². The first-order chi connectivity index (χ1) is 10.3. The Bertz CT molecular complexity index is 760. The zero-order valence-electron chi connectivity index (χ0n) is 12.4. The summed E-state index contributed by atoms with van der Waals surface area (Å²) < 4.78 is 17.6. The van der Waals surface area contributed by atoms with Crippen molar-refractivity contribution in [3.8, 4) is 11.4 Å². The summed E-state index contributed by atoms with van der Waals surface area (Å²) in [6.07, 6.45) is 2.13. The molecule has 2 aromatic rings. The van der Waals surface area contributed by atoms with Crippen LogP contribution in [0, 0.1) is 6.92 Å². The Morgan fingerprint density at radius 2 is 1.86 bits per heavy atom. The molecule has 118 valence electrons. The fourth-order valence-electron chi connectivity index (χ4n) is 2.06. The van der Waals surface area contributed by atoms with E-state index in [2.05, 4.69) is 0 Å². The molecule has 0 saturated carbocycles. The van der Waals surface area contributed by atoms with Crippen molar-refractivity contribution >= 4 is 7.60 Å². The molecular formula is C15H18NO5P. The van der Waals surface area contributed by atoms with Crippen LogP contribution >= 0.6 is 7.60 Å². The molecule has 0 aliphatic rings. The molecule has 7 heteroatoms.